The minimum absolute atomic E-state index is 0.135. The number of nitrogens with zero attached hydrogens (tertiary/aromatic N) is 2. The Labute approximate surface area is 150 Å². The Morgan fingerprint density at radius 3 is 2.69 bits per heavy atom. The normalized spacial score (nSPS) is 10.5. The largest absolute Gasteiger partial charge is 0.302 e. The Kier molecular flexibility index (Phi) is 4.99. The van der Waals surface area contributed by atoms with Crippen molar-refractivity contribution in [2.45, 2.75) is 6.42 Å². The molecule has 0 fully saturated rings. The first-order valence-corrected chi connectivity index (χ1v) is 8.25. The summed E-state index contributed by atoms with van der Waals surface area (Å²) in [6.45, 7) is 0. The van der Waals surface area contributed by atoms with Crippen LogP contribution in [0.5, 0.6) is 0 Å². The summed E-state index contributed by atoms with van der Waals surface area (Å²) in [7, 11) is 0. The first-order chi connectivity index (χ1) is 12.4. The van der Waals surface area contributed by atoms with E-state index in [0.717, 1.165) is 23.5 Å². The summed E-state index contributed by atoms with van der Waals surface area (Å²) in [6.07, 6.45) is -0.183. The van der Waals surface area contributed by atoms with Crippen molar-refractivity contribution in [1.82, 2.24) is 4.98 Å². The number of aromatic nitrogens is 1. The number of anilines is 1. The number of hydrogen-bond donors (Lipinski definition) is 1. The molecule has 2 aromatic carbocycles. The van der Waals surface area contributed by atoms with Crippen molar-refractivity contribution in [3.8, 4) is 11.3 Å². The number of halogens is 2. The Balaban J connectivity index is 1.72. The molecule has 1 aromatic heterocycles. The standard InChI is InChI=1S/C17H11F2N3O3S/c18-12-6-5-10(7-13(12)19)14-9-26-17(20-14)21-16(23)8-11-3-1-2-4-15(11)22(24)25/h1-7,9H,8H2,(H,20,21,23). The zero-order chi connectivity index (χ0) is 18.7. The smallest absolute Gasteiger partial charge is 0.273 e. The van der Waals surface area contributed by atoms with E-state index in [9.17, 15) is 23.7 Å². The average molecular weight is 375 g/mol. The first kappa shape index (κ1) is 17.6. The van der Waals surface area contributed by atoms with Gasteiger partial charge >= 0.3 is 0 Å². The molecule has 0 bridgehead atoms. The van der Waals surface area contributed by atoms with E-state index in [1.807, 2.05) is 0 Å². The molecule has 1 heterocycles. The topological polar surface area (TPSA) is 85.1 Å². The molecule has 0 aliphatic carbocycles. The van der Waals surface area contributed by atoms with Crippen LogP contribution in [0.3, 0.4) is 0 Å². The van der Waals surface area contributed by atoms with Crippen molar-refractivity contribution < 1.29 is 18.5 Å². The van der Waals surface area contributed by atoms with Crippen molar-refractivity contribution in [2.24, 2.45) is 0 Å². The average Bonchev–Trinajstić information content (AvgIpc) is 3.06. The number of carbonyl (C=O) groups excluding carboxylic acids is 1. The van der Waals surface area contributed by atoms with Crippen LogP contribution in [0.1, 0.15) is 5.56 Å². The second-order valence-corrected chi connectivity index (χ2v) is 6.14. The number of thiazole rings is 1. The number of nitro groups is 1. The molecule has 26 heavy (non-hydrogen) atoms. The Morgan fingerprint density at radius 1 is 1.19 bits per heavy atom. The summed E-state index contributed by atoms with van der Waals surface area (Å²) in [5, 5.41) is 15.4. The third-order valence-electron chi connectivity index (χ3n) is 3.51. The first-order valence-electron chi connectivity index (χ1n) is 7.37. The maximum atomic E-state index is 13.3. The molecule has 0 radical (unpaired) electrons. The van der Waals surface area contributed by atoms with Gasteiger partial charge in [-0.05, 0) is 18.2 Å². The summed E-state index contributed by atoms with van der Waals surface area (Å²) in [6, 6.07) is 9.36. The number of carbonyl (C=O) groups is 1. The molecule has 0 saturated heterocycles. The predicted octanol–water partition coefficient (Wildman–Crippen LogP) is 4.18. The zero-order valence-electron chi connectivity index (χ0n) is 13.1. The second kappa shape index (κ2) is 7.36. The van der Waals surface area contributed by atoms with Crippen molar-refractivity contribution in [3.63, 3.8) is 0 Å². The highest BCUT2D eigenvalue weighted by atomic mass is 32.1. The lowest BCUT2D eigenvalue weighted by Crippen LogP contribution is -2.15. The number of rotatable bonds is 5. The predicted molar refractivity (Wildman–Crippen MR) is 92.9 cm³/mol. The summed E-state index contributed by atoms with van der Waals surface area (Å²) in [4.78, 5) is 26.7. The Hall–Kier alpha value is -3.20. The van der Waals surface area contributed by atoms with Gasteiger partial charge in [-0.3, -0.25) is 14.9 Å². The van der Waals surface area contributed by atoms with Gasteiger partial charge < -0.3 is 5.32 Å². The molecular weight excluding hydrogens is 364 g/mol. The maximum absolute atomic E-state index is 13.3. The molecule has 0 unspecified atom stereocenters. The summed E-state index contributed by atoms with van der Waals surface area (Å²) in [5.74, 6) is -2.41. The van der Waals surface area contributed by atoms with Crippen LogP contribution >= 0.6 is 11.3 Å². The summed E-state index contributed by atoms with van der Waals surface area (Å²) < 4.78 is 26.3. The van der Waals surface area contributed by atoms with E-state index in [1.165, 1.54) is 24.3 Å². The number of nitrogens with one attached hydrogen (secondary N) is 1. The van der Waals surface area contributed by atoms with Gasteiger partial charge in [0.25, 0.3) is 5.69 Å². The van der Waals surface area contributed by atoms with E-state index in [0.29, 0.717) is 11.3 Å². The molecular formula is C17H11F2N3O3S. The quantitative estimate of drug-likeness (QED) is 0.536. The summed E-state index contributed by atoms with van der Waals surface area (Å²) >= 11 is 1.11. The third kappa shape index (κ3) is 3.89. The highest BCUT2D eigenvalue weighted by Crippen LogP contribution is 2.26. The van der Waals surface area contributed by atoms with Crippen LogP contribution in [-0.4, -0.2) is 15.8 Å². The van der Waals surface area contributed by atoms with E-state index < -0.39 is 22.5 Å². The number of para-hydroxylation sites is 1. The highest BCUT2D eigenvalue weighted by Gasteiger charge is 2.16. The fourth-order valence-electron chi connectivity index (χ4n) is 2.29. The van der Waals surface area contributed by atoms with Gasteiger partial charge in [0.2, 0.25) is 5.91 Å². The number of amides is 1. The molecule has 6 nitrogen and oxygen atoms in total. The molecule has 1 amide bonds. The van der Waals surface area contributed by atoms with Crippen molar-refractivity contribution in [2.75, 3.05) is 5.32 Å². The van der Waals surface area contributed by atoms with Crippen LogP contribution in [0.4, 0.5) is 19.6 Å². The van der Waals surface area contributed by atoms with Crippen molar-refractivity contribution in [3.05, 3.63) is 75.2 Å². The third-order valence-corrected chi connectivity index (χ3v) is 4.26. The van der Waals surface area contributed by atoms with Gasteiger partial charge in [-0.25, -0.2) is 13.8 Å². The van der Waals surface area contributed by atoms with Gasteiger partial charge in [0.05, 0.1) is 17.0 Å². The lowest BCUT2D eigenvalue weighted by molar-refractivity contribution is -0.385. The van der Waals surface area contributed by atoms with Gasteiger partial charge in [0.15, 0.2) is 16.8 Å². The molecule has 3 aromatic rings. The minimum atomic E-state index is -0.988. The molecule has 0 spiro atoms. The van der Waals surface area contributed by atoms with Gasteiger partial charge in [0.1, 0.15) is 0 Å². The number of nitro benzene ring substituents is 1. The van der Waals surface area contributed by atoms with E-state index in [-0.39, 0.29) is 22.8 Å². The lowest BCUT2D eigenvalue weighted by Gasteiger charge is -2.03. The van der Waals surface area contributed by atoms with E-state index >= 15 is 0 Å². The van der Waals surface area contributed by atoms with Gasteiger partial charge in [0, 0.05) is 22.6 Å². The summed E-state index contributed by atoms with van der Waals surface area (Å²) in [5.41, 5.74) is 0.908. The molecule has 132 valence electrons. The van der Waals surface area contributed by atoms with Crippen LogP contribution in [0.15, 0.2) is 47.8 Å². The van der Waals surface area contributed by atoms with E-state index in [2.05, 4.69) is 10.3 Å². The fourth-order valence-corrected chi connectivity index (χ4v) is 3.03. The minimum Gasteiger partial charge on any atom is -0.302 e. The lowest BCUT2D eigenvalue weighted by atomic mass is 10.1. The van der Waals surface area contributed by atoms with Gasteiger partial charge in [-0.15, -0.1) is 11.3 Å². The molecule has 0 atom stereocenters. The van der Waals surface area contributed by atoms with E-state index in [1.54, 1.807) is 11.4 Å². The van der Waals surface area contributed by atoms with Gasteiger partial charge in [-0.2, -0.15) is 0 Å². The number of benzene rings is 2. The molecule has 1 N–H and O–H groups in total. The van der Waals surface area contributed by atoms with Gasteiger partial charge in [-0.1, -0.05) is 18.2 Å². The molecule has 9 heteroatoms. The van der Waals surface area contributed by atoms with E-state index in [4.69, 9.17) is 0 Å². The molecule has 0 aliphatic heterocycles. The van der Waals surface area contributed by atoms with Crippen LogP contribution in [0, 0.1) is 21.7 Å². The molecule has 0 saturated carbocycles. The molecule has 0 aliphatic rings. The van der Waals surface area contributed by atoms with Crippen LogP contribution in [0.2, 0.25) is 0 Å². The second-order valence-electron chi connectivity index (χ2n) is 5.28. The van der Waals surface area contributed by atoms with Crippen molar-refractivity contribution >= 4 is 28.1 Å². The Bertz CT molecular complexity index is 991. The zero-order valence-corrected chi connectivity index (χ0v) is 13.9. The maximum Gasteiger partial charge on any atom is 0.273 e. The molecule has 3 rings (SSSR count). The SMILES string of the molecule is O=C(Cc1ccccc1[N+](=O)[O-])Nc1nc(-c2ccc(F)c(F)c2)cs1. The van der Waals surface area contributed by atoms with Crippen LogP contribution < -0.4 is 5.32 Å². The monoisotopic (exact) mass is 375 g/mol. The fraction of sp³-hybridized carbons (Fsp3) is 0.0588. The van der Waals surface area contributed by atoms with Crippen molar-refractivity contribution in [1.29, 1.82) is 0 Å². The van der Waals surface area contributed by atoms with Crippen LogP contribution in [-0.2, 0) is 11.2 Å². The Morgan fingerprint density at radius 2 is 1.96 bits per heavy atom. The number of hydrogen-bond acceptors (Lipinski definition) is 5. The highest BCUT2D eigenvalue weighted by molar-refractivity contribution is 7.14. The van der Waals surface area contributed by atoms with Crippen LogP contribution in [0.25, 0.3) is 11.3 Å².